The molecule has 0 unspecified atom stereocenters. The molecule has 2 aromatic rings. The fourth-order valence-electron chi connectivity index (χ4n) is 2.22. The highest BCUT2D eigenvalue weighted by molar-refractivity contribution is 5.42. The topological polar surface area (TPSA) is 28.2 Å². The Bertz CT molecular complexity index is 571. The van der Waals surface area contributed by atoms with Crippen LogP contribution in [0, 0.1) is 12.7 Å². The molecule has 3 nitrogen and oxygen atoms in total. The van der Waals surface area contributed by atoms with Gasteiger partial charge in [-0.05, 0) is 43.8 Å². The van der Waals surface area contributed by atoms with E-state index in [1.807, 2.05) is 25.1 Å². The maximum Gasteiger partial charge on any atom is 0.125 e. The SMILES string of the molecule is CCN(CCNc1cccc(F)c1)Cc1cccc(C)n1. The van der Waals surface area contributed by atoms with E-state index in [4.69, 9.17) is 0 Å². The minimum atomic E-state index is -0.212. The summed E-state index contributed by atoms with van der Waals surface area (Å²) >= 11 is 0. The number of nitrogens with one attached hydrogen (secondary N) is 1. The first-order valence-electron chi connectivity index (χ1n) is 7.31. The van der Waals surface area contributed by atoms with Gasteiger partial charge in [0.1, 0.15) is 5.82 Å². The minimum absolute atomic E-state index is 0.212. The number of hydrogen-bond acceptors (Lipinski definition) is 3. The van der Waals surface area contributed by atoms with E-state index >= 15 is 0 Å². The van der Waals surface area contributed by atoms with Crippen LogP contribution in [0.3, 0.4) is 0 Å². The number of nitrogens with zero attached hydrogens (tertiary/aromatic N) is 2. The monoisotopic (exact) mass is 287 g/mol. The Morgan fingerprint density at radius 2 is 2.00 bits per heavy atom. The van der Waals surface area contributed by atoms with Gasteiger partial charge in [-0.25, -0.2) is 4.39 Å². The average Bonchev–Trinajstić information content (AvgIpc) is 2.46. The third kappa shape index (κ3) is 5.16. The van der Waals surface area contributed by atoms with Crippen LogP contribution in [0.5, 0.6) is 0 Å². The lowest BCUT2D eigenvalue weighted by Crippen LogP contribution is -2.29. The molecule has 0 spiro atoms. The lowest BCUT2D eigenvalue weighted by Gasteiger charge is -2.20. The van der Waals surface area contributed by atoms with Crippen LogP contribution in [-0.2, 0) is 6.54 Å². The third-order valence-electron chi connectivity index (χ3n) is 3.36. The molecule has 21 heavy (non-hydrogen) atoms. The zero-order valence-electron chi connectivity index (χ0n) is 12.6. The van der Waals surface area contributed by atoms with Crippen molar-refractivity contribution >= 4 is 5.69 Å². The number of anilines is 1. The molecule has 4 heteroatoms. The summed E-state index contributed by atoms with van der Waals surface area (Å²) in [7, 11) is 0. The van der Waals surface area contributed by atoms with E-state index in [-0.39, 0.29) is 5.82 Å². The smallest absolute Gasteiger partial charge is 0.125 e. The highest BCUT2D eigenvalue weighted by Gasteiger charge is 2.05. The molecule has 1 N–H and O–H groups in total. The summed E-state index contributed by atoms with van der Waals surface area (Å²) < 4.78 is 13.1. The summed E-state index contributed by atoms with van der Waals surface area (Å²) in [6, 6.07) is 12.6. The van der Waals surface area contributed by atoms with E-state index in [1.165, 1.54) is 12.1 Å². The van der Waals surface area contributed by atoms with Gasteiger partial charge in [0, 0.05) is 31.0 Å². The zero-order chi connectivity index (χ0) is 15.1. The Kier molecular flexibility index (Phi) is 5.69. The van der Waals surface area contributed by atoms with Gasteiger partial charge in [0.25, 0.3) is 0 Å². The zero-order valence-corrected chi connectivity index (χ0v) is 12.6. The molecule has 0 fully saturated rings. The van der Waals surface area contributed by atoms with Gasteiger partial charge in [0.15, 0.2) is 0 Å². The van der Waals surface area contributed by atoms with Crippen molar-refractivity contribution in [3.05, 3.63) is 59.7 Å². The molecular formula is C17H22FN3. The molecule has 0 amide bonds. The lowest BCUT2D eigenvalue weighted by molar-refractivity contribution is 0.287. The first-order valence-corrected chi connectivity index (χ1v) is 7.31. The van der Waals surface area contributed by atoms with Gasteiger partial charge in [-0.1, -0.05) is 19.1 Å². The van der Waals surface area contributed by atoms with Gasteiger partial charge >= 0.3 is 0 Å². The van der Waals surface area contributed by atoms with E-state index in [1.54, 1.807) is 6.07 Å². The van der Waals surface area contributed by atoms with E-state index in [2.05, 4.69) is 28.2 Å². The Hall–Kier alpha value is -1.94. The predicted molar refractivity (Wildman–Crippen MR) is 84.8 cm³/mol. The molecule has 0 radical (unpaired) electrons. The second-order valence-electron chi connectivity index (χ2n) is 5.08. The molecule has 112 valence electrons. The van der Waals surface area contributed by atoms with Gasteiger partial charge in [-0.2, -0.15) is 0 Å². The molecule has 0 aliphatic heterocycles. The molecule has 0 aliphatic carbocycles. The average molecular weight is 287 g/mol. The fraction of sp³-hybridized carbons (Fsp3) is 0.353. The number of pyridine rings is 1. The Morgan fingerprint density at radius 3 is 2.71 bits per heavy atom. The predicted octanol–water partition coefficient (Wildman–Crippen LogP) is 3.46. The summed E-state index contributed by atoms with van der Waals surface area (Å²) in [5, 5.41) is 3.25. The van der Waals surface area contributed by atoms with Gasteiger partial charge in [-0.15, -0.1) is 0 Å². The second kappa shape index (κ2) is 7.74. The highest BCUT2D eigenvalue weighted by atomic mass is 19.1. The standard InChI is InChI=1S/C17H22FN3/c1-3-21(13-17-9-4-6-14(2)20-17)11-10-19-16-8-5-7-15(18)12-16/h4-9,12,19H,3,10-11,13H2,1-2H3. The summed E-state index contributed by atoms with van der Waals surface area (Å²) in [5.74, 6) is -0.212. The van der Waals surface area contributed by atoms with Crippen molar-refractivity contribution < 1.29 is 4.39 Å². The minimum Gasteiger partial charge on any atom is -0.384 e. The Labute approximate surface area is 125 Å². The van der Waals surface area contributed by atoms with E-state index in [9.17, 15) is 4.39 Å². The maximum absolute atomic E-state index is 13.1. The van der Waals surface area contributed by atoms with Crippen molar-refractivity contribution in [2.45, 2.75) is 20.4 Å². The van der Waals surface area contributed by atoms with Crippen LogP contribution in [0.25, 0.3) is 0 Å². The first-order chi connectivity index (χ1) is 10.2. The molecular weight excluding hydrogens is 265 g/mol. The first kappa shape index (κ1) is 15.4. The van der Waals surface area contributed by atoms with Crippen molar-refractivity contribution in [3.63, 3.8) is 0 Å². The normalized spacial score (nSPS) is 10.9. The number of aromatic nitrogens is 1. The summed E-state index contributed by atoms with van der Waals surface area (Å²) in [5.41, 5.74) is 2.95. The Balaban J connectivity index is 1.82. The highest BCUT2D eigenvalue weighted by Crippen LogP contribution is 2.09. The van der Waals surface area contributed by atoms with Crippen molar-refractivity contribution in [2.75, 3.05) is 25.0 Å². The van der Waals surface area contributed by atoms with Crippen LogP contribution < -0.4 is 5.32 Å². The number of benzene rings is 1. The molecule has 0 aliphatic rings. The number of hydrogen-bond donors (Lipinski definition) is 1. The Morgan fingerprint density at radius 1 is 1.19 bits per heavy atom. The summed E-state index contributed by atoms with van der Waals surface area (Å²) in [6.45, 7) is 7.61. The molecule has 2 rings (SSSR count). The van der Waals surface area contributed by atoms with Crippen LogP contribution in [-0.4, -0.2) is 29.5 Å². The van der Waals surface area contributed by atoms with Crippen molar-refractivity contribution in [1.29, 1.82) is 0 Å². The number of rotatable bonds is 7. The van der Waals surface area contributed by atoms with Crippen LogP contribution in [0.1, 0.15) is 18.3 Å². The van der Waals surface area contributed by atoms with Gasteiger partial charge in [-0.3, -0.25) is 9.88 Å². The quantitative estimate of drug-likeness (QED) is 0.845. The third-order valence-corrected chi connectivity index (χ3v) is 3.36. The van der Waals surface area contributed by atoms with E-state index in [0.29, 0.717) is 0 Å². The molecule has 0 atom stereocenters. The summed E-state index contributed by atoms with van der Waals surface area (Å²) in [4.78, 5) is 6.84. The van der Waals surface area contributed by atoms with Crippen molar-refractivity contribution in [1.82, 2.24) is 9.88 Å². The van der Waals surface area contributed by atoms with Gasteiger partial charge < -0.3 is 5.32 Å². The van der Waals surface area contributed by atoms with Crippen LogP contribution in [0.2, 0.25) is 0 Å². The number of aryl methyl sites for hydroxylation is 1. The maximum atomic E-state index is 13.1. The van der Waals surface area contributed by atoms with Crippen LogP contribution >= 0.6 is 0 Å². The molecule has 0 bridgehead atoms. The van der Waals surface area contributed by atoms with Gasteiger partial charge in [0.2, 0.25) is 0 Å². The van der Waals surface area contributed by atoms with Crippen LogP contribution in [0.15, 0.2) is 42.5 Å². The van der Waals surface area contributed by atoms with E-state index < -0.39 is 0 Å². The molecule has 0 saturated heterocycles. The fourth-order valence-corrected chi connectivity index (χ4v) is 2.22. The molecule has 1 aromatic heterocycles. The number of likely N-dealkylation sites (N-methyl/N-ethyl adjacent to an activating group) is 1. The molecule has 1 heterocycles. The van der Waals surface area contributed by atoms with Crippen LogP contribution in [0.4, 0.5) is 10.1 Å². The van der Waals surface area contributed by atoms with Gasteiger partial charge in [0.05, 0.1) is 5.69 Å². The lowest BCUT2D eigenvalue weighted by atomic mass is 10.3. The van der Waals surface area contributed by atoms with E-state index in [0.717, 1.165) is 43.3 Å². The molecule has 1 aromatic carbocycles. The molecule has 0 saturated carbocycles. The second-order valence-corrected chi connectivity index (χ2v) is 5.08. The van der Waals surface area contributed by atoms with Crippen molar-refractivity contribution in [3.8, 4) is 0 Å². The summed E-state index contributed by atoms with van der Waals surface area (Å²) in [6.07, 6.45) is 0. The van der Waals surface area contributed by atoms with Crippen molar-refractivity contribution in [2.24, 2.45) is 0 Å². The number of halogens is 1. The largest absolute Gasteiger partial charge is 0.384 e.